The van der Waals surface area contributed by atoms with Crippen LogP contribution < -0.4 is 0 Å². The lowest BCUT2D eigenvalue weighted by molar-refractivity contribution is -0.0980. The van der Waals surface area contributed by atoms with Crippen molar-refractivity contribution < 1.29 is 4.74 Å². The minimum Gasteiger partial charge on any atom is -0.369 e. The van der Waals surface area contributed by atoms with Crippen LogP contribution in [0.2, 0.25) is 0 Å². The summed E-state index contributed by atoms with van der Waals surface area (Å²) in [4.78, 5) is 0. The van der Waals surface area contributed by atoms with Crippen molar-refractivity contribution in [1.82, 2.24) is 0 Å². The fourth-order valence-corrected chi connectivity index (χ4v) is 2.66. The standard InChI is InChI=1S/C12H21O/c1-10-4-6-11(2)8-9-12(3,13-11)7-5-10/h4-9H2,1-3H3/q+1/t11-,12+. The summed E-state index contributed by atoms with van der Waals surface area (Å²) in [7, 11) is 0. The van der Waals surface area contributed by atoms with Crippen LogP contribution in [0.5, 0.6) is 0 Å². The molecule has 2 saturated heterocycles. The van der Waals surface area contributed by atoms with Crippen LogP contribution in [0.3, 0.4) is 0 Å². The van der Waals surface area contributed by atoms with Crippen LogP contribution in [-0.2, 0) is 4.74 Å². The smallest absolute Gasteiger partial charge is 0.0924 e. The Morgan fingerprint density at radius 3 is 1.85 bits per heavy atom. The maximum Gasteiger partial charge on any atom is 0.0924 e. The number of hydrogen-bond donors (Lipinski definition) is 0. The Labute approximate surface area is 81.9 Å². The summed E-state index contributed by atoms with van der Waals surface area (Å²) >= 11 is 0. The second kappa shape index (κ2) is 2.91. The van der Waals surface area contributed by atoms with Crippen molar-refractivity contribution in [2.24, 2.45) is 0 Å². The Hall–Kier alpha value is -0.170. The summed E-state index contributed by atoms with van der Waals surface area (Å²) in [5, 5.41) is 0. The van der Waals surface area contributed by atoms with E-state index in [0.29, 0.717) is 0 Å². The number of fused-ring (bicyclic) bond motifs is 2. The molecule has 0 aliphatic carbocycles. The zero-order chi connectivity index (χ0) is 9.53. The molecular weight excluding hydrogens is 160 g/mol. The molecule has 2 heterocycles. The van der Waals surface area contributed by atoms with Crippen molar-refractivity contribution in [3.63, 3.8) is 0 Å². The molecule has 0 amide bonds. The molecule has 0 aromatic rings. The van der Waals surface area contributed by atoms with Crippen LogP contribution in [0.25, 0.3) is 0 Å². The molecule has 2 aliphatic rings. The van der Waals surface area contributed by atoms with Gasteiger partial charge in [0.2, 0.25) is 0 Å². The lowest BCUT2D eigenvalue weighted by atomic mass is 9.90. The van der Waals surface area contributed by atoms with E-state index >= 15 is 0 Å². The highest BCUT2D eigenvalue weighted by Gasteiger charge is 2.46. The third kappa shape index (κ3) is 1.85. The Balaban J connectivity index is 2.12. The van der Waals surface area contributed by atoms with Gasteiger partial charge in [-0.1, -0.05) is 0 Å². The zero-order valence-corrected chi connectivity index (χ0v) is 9.15. The molecule has 2 rings (SSSR count). The van der Waals surface area contributed by atoms with E-state index in [1.807, 2.05) is 0 Å². The second-order valence-corrected chi connectivity index (χ2v) is 5.46. The first-order valence-electron chi connectivity index (χ1n) is 5.53. The molecule has 2 bridgehead atoms. The average molecular weight is 181 g/mol. The topological polar surface area (TPSA) is 9.23 Å². The Bertz CT molecular complexity index is 181. The molecule has 0 N–H and O–H groups in total. The quantitative estimate of drug-likeness (QED) is 0.520. The molecule has 0 unspecified atom stereocenters. The average Bonchev–Trinajstić information content (AvgIpc) is 2.38. The van der Waals surface area contributed by atoms with E-state index in [0.717, 1.165) is 0 Å². The van der Waals surface area contributed by atoms with E-state index in [1.54, 1.807) is 5.92 Å². The molecule has 0 saturated carbocycles. The molecule has 0 radical (unpaired) electrons. The predicted octanol–water partition coefficient (Wildman–Crippen LogP) is 3.48. The Kier molecular flexibility index (Phi) is 2.10. The third-order valence-electron chi connectivity index (χ3n) is 3.84. The van der Waals surface area contributed by atoms with Crippen LogP contribution in [0, 0.1) is 5.92 Å². The fraction of sp³-hybridized carbons (Fsp3) is 0.917. The number of hydrogen-bond acceptors (Lipinski definition) is 1. The van der Waals surface area contributed by atoms with E-state index in [-0.39, 0.29) is 11.2 Å². The van der Waals surface area contributed by atoms with Crippen molar-refractivity contribution in [1.29, 1.82) is 0 Å². The lowest BCUT2D eigenvalue weighted by Gasteiger charge is -2.31. The number of ether oxygens (including phenoxy) is 1. The van der Waals surface area contributed by atoms with Gasteiger partial charge in [0.15, 0.2) is 0 Å². The van der Waals surface area contributed by atoms with Gasteiger partial charge in [-0.25, -0.2) is 0 Å². The van der Waals surface area contributed by atoms with Gasteiger partial charge in [-0.05, 0) is 26.7 Å². The fourth-order valence-electron chi connectivity index (χ4n) is 2.66. The highest BCUT2D eigenvalue weighted by molar-refractivity contribution is 5.00. The normalized spacial score (nSPS) is 45.9. The molecule has 13 heavy (non-hydrogen) atoms. The summed E-state index contributed by atoms with van der Waals surface area (Å²) in [6.07, 6.45) is 7.52. The molecule has 2 atom stereocenters. The van der Waals surface area contributed by atoms with Gasteiger partial charge in [-0.2, -0.15) is 0 Å². The maximum atomic E-state index is 6.21. The van der Waals surface area contributed by atoms with Gasteiger partial charge in [0, 0.05) is 12.8 Å². The van der Waals surface area contributed by atoms with Crippen molar-refractivity contribution in [3.8, 4) is 0 Å². The second-order valence-electron chi connectivity index (χ2n) is 5.46. The molecule has 2 fully saturated rings. The molecule has 1 heteroatoms. The lowest BCUT2D eigenvalue weighted by Crippen LogP contribution is -2.33. The minimum absolute atomic E-state index is 0.191. The van der Waals surface area contributed by atoms with Crippen molar-refractivity contribution >= 4 is 0 Å². The summed E-state index contributed by atoms with van der Waals surface area (Å²) in [5.74, 6) is 1.67. The molecule has 74 valence electrons. The Morgan fingerprint density at radius 2 is 1.38 bits per heavy atom. The van der Waals surface area contributed by atoms with Gasteiger partial charge >= 0.3 is 0 Å². The van der Waals surface area contributed by atoms with Gasteiger partial charge in [0.05, 0.1) is 36.9 Å². The van der Waals surface area contributed by atoms with E-state index in [4.69, 9.17) is 4.74 Å². The summed E-state index contributed by atoms with van der Waals surface area (Å²) in [6.45, 7) is 6.88. The highest BCUT2D eigenvalue weighted by atomic mass is 16.5. The Morgan fingerprint density at radius 1 is 0.923 bits per heavy atom. The number of rotatable bonds is 0. The minimum atomic E-state index is 0.191. The van der Waals surface area contributed by atoms with Crippen molar-refractivity contribution in [3.05, 3.63) is 5.92 Å². The summed E-state index contributed by atoms with van der Waals surface area (Å²) < 4.78 is 6.21. The molecule has 0 aromatic carbocycles. The van der Waals surface area contributed by atoms with E-state index in [1.165, 1.54) is 38.5 Å². The zero-order valence-electron chi connectivity index (χ0n) is 9.15. The first-order chi connectivity index (χ1) is 6.02. The SMILES string of the molecule is C[C+]1CC[C@@]2(C)CC[C@@](C)(CC1)O2. The van der Waals surface area contributed by atoms with E-state index in [2.05, 4.69) is 20.8 Å². The van der Waals surface area contributed by atoms with E-state index in [9.17, 15) is 0 Å². The van der Waals surface area contributed by atoms with Crippen molar-refractivity contribution in [2.75, 3.05) is 0 Å². The molecule has 2 aliphatic heterocycles. The first kappa shape index (κ1) is 9.39. The summed E-state index contributed by atoms with van der Waals surface area (Å²) in [5.41, 5.74) is 0.382. The van der Waals surface area contributed by atoms with Crippen LogP contribution >= 0.6 is 0 Å². The highest BCUT2D eigenvalue weighted by Crippen LogP contribution is 2.46. The van der Waals surface area contributed by atoms with Gasteiger partial charge < -0.3 is 4.74 Å². The third-order valence-corrected chi connectivity index (χ3v) is 3.84. The van der Waals surface area contributed by atoms with Crippen LogP contribution in [0.1, 0.15) is 59.3 Å². The summed E-state index contributed by atoms with van der Waals surface area (Å²) in [6, 6.07) is 0. The van der Waals surface area contributed by atoms with Gasteiger partial charge in [0.25, 0.3) is 0 Å². The van der Waals surface area contributed by atoms with Crippen molar-refractivity contribution in [2.45, 2.75) is 70.5 Å². The van der Waals surface area contributed by atoms with E-state index < -0.39 is 0 Å². The van der Waals surface area contributed by atoms with Gasteiger partial charge in [0.1, 0.15) is 0 Å². The molecule has 1 nitrogen and oxygen atoms in total. The van der Waals surface area contributed by atoms with Crippen LogP contribution in [-0.4, -0.2) is 11.2 Å². The molecule has 0 aromatic heterocycles. The molecular formula is C12H21O+. The maximum absolute atomic E-state index is 6.21. The predicted molar refractivity (Wildman–Crippen MR) is 54.5 cm³/mol. The first-order valence-corrected chi connectivity index (χ1v) is 5.53. The largest absolute Gasteiger partial charge is 0.369 e. The van der Waals surface area contributed by atoms with Crippen LogP contribution in [0.15, 0.2) is 0 Å². The molecule has 0 spiro atoms. The van der Waals surface area contributed by atoms with Crippen LogP contribution in [0.4, 0.5) is 0 Å². The van der Waals surface area contributed by atoms with Gasteiger partial charge in [-0.15, -0.1) is 0 Å². The van der Waals surface area contributed by atoms with Gasteiger partial charge in [-0.3, -0.25) is 0 Å². The monoisotopic (exact) mass is 181 g/mol.